The maximum absolute atomic E-state index is 10.9. The highest BCUT2D eigenvalue weighted by atomic mass is 32.2. The number of hydrazine groups is 1. The Hall–Kier alpha value is -1.65. The Bertz CT molecular complexity index is 436. The highest BCUT2D eigenvalue weighted by Gasteiger charge is 2.17. The van der Waals surface area contributed by atoms with Gasteiger partial charge in [-0.25, -0.2) is 29.2 Å². The third-order valence-corrected chi connectivity index (χ3v) is 2.13. The van der Waals surface area contributed by atoms with E-state index in [4.69, 9.17) is 11.0 Å². The maximum atomic E-state index is 10.9. The van der Waals surface area contributed by atoms with Crippen molar-refractivity contribution in [3.63, 3.8) is 0 Å². The number of hydrogen-bond donors (Lipinski definition) is 5. The number of aromatic amines is 1. The first kappa shape index (κ1) is 10.4. The number of carbonyl (C=O) groups excluding carboxylic acids is 1. The summed E-state index contributed by atoms with van der Waals surface area (Å²) in [6, 6.07) is -0.804. The molecule has 0 aliphatic rings. The number of H-pyrrole nitrogens is 1. The van der Waals surface area contributed by atoms with Gasteiger partial charge in [-0.3, -0.25) is 10.7 Å². The van der Waals surface area contributed by atoms with Crippen molar-refractivity contribution in [3.05, 3.63) is 6.33 Å². The molecule has 1 aromatic rings. The Morgan fingerprint density at radius 3 is 2.71 bits per heavy atom. The Labute approximate surface area is 78.9 Å². The van der Waals surface area contributed by atoms with E-state index in [-0.39, 0.29) is 10.8 Å². The second-order valence-electron chi connectivity index (χ2n) is 2.22. The van der Waals surface area contributed by atoms with E-state index in [1.807, 2.05) is 0 Å². The quantitative estimate of drug-likeness (QED) is 0.222. The molecular formula is C4H8N6O3S. The largest absolute Gasteiger partial charge is 0.334 e. The van der Waals surface area contributed by atoms with Gasteiger partial charge in [0.15, 0.2) is 10.8 Å². The average Bonchev–Trinajstić information content (AvgIpc) is 2.51. The summed E-state index contributed by atoms with van der Waals surface area (Å²) in [7, 11) is -3.95. The van der Waals surface area contributed by atoms with Gasteiger partial charge in [0.25, 0.3) is 10.0 Å². The van der Waals surface area contributed by atoms with Crippen LogP contribution in [0.2, 0.25) is 0 Å². The van der Waals surface area contributed by atoms with Crippen molar-refractivity contribution in [2.75, 3.05) is 5.32 Å². The van der Waals surface area contributed by atoms with Crippen LogP contribution in [0.5, 0.6) is 0 Å². The van der Waals surface area contributed by atoms with Gasteiger partial charge in [-0.15, -0.1) is 0 Å². The molecule has 0 aromatic carbocycles. The molecule has 0 saturated carbocycles. The molecule has 0 unspecified atom stereocenters. The van der Waals surface area contributed by atoms with E-state index in [1.165, 1.54) is 0 Å². The fourth-order valence-corrected chi connectivity index (χ4v) is 1.32. The first-order valence-corrected chi connectivity index (χ1v) is 4.83. The number of aromatic nitrogens is 2. The van der Waals surface area contributed by atoms with Crippen molar-refractivity contribution < 1.29 is 13.2 Å². The van der Waals surface area contributed by atoms with Crippen molar-refractivity contribution in [3.8, 4) is 0 Å². The van der Waals surface area contributed by atoms with Gasteiger partial charge in [0, 0.05) is 0 Å². The van der Waals surface area contributed by atoms with Crippen molar-refractivity contribution >= 4 is 21.9 Å². The van der Waals surface area contributed by atoms with Crippen LogP contribution in [0.25, 0.3) is 0 Å². The van der Waals surface area contributed by atoms with E-state index in [1.54, 1.807) is 5.43 Å². The number of anilines is 1. The monoisotopic (exact) mass is 220 g/mol. The zero-order valence-electron chi connectivity index (χ0n) is 6.81. The summed E-state index contributed by atoms with van der Waals surface area (Å²) in [5, 5.41) is 6.50. The van der Waals surface area contributed by atoms with Gasteiger partial charge in [0.05, 0.1) is 6.33 Å². The second-order valence-corrected chi connectivity index (χ2v) is 3.72. The molecule has 0 spiro atoms. The van der Waals surface area contributed by atoms with Crippen molar-refractivity contribution in [2.24, 2.45) is 11.0 Å². The molecule has 1 rings (SSSR count). The zero-order chi connectivity index (χ0) is 10.8. The number of nitrogens with one attached hydrogen (secondary N) is 3. The van der Waals surface area contributed by atoms with Crippen LogP contribution >= 0.6 is 0 Å². The molecule has 2 amide bonds. The first-order chi connectivity index (χ1) is 6.45. The SMILES string of the molecule is NNC(=O)Nc1nc[nH]c1S(N)(=O)=O. The van der Waals surface area contributed by atoms with Crippen LogP contribution in [-0.2, 0) is 10.0 Å². The number of hydrogen-bond acceptors (Lipinski definition) is 5. The Morgan fingerprint density at radius 1 is 1.57 bits per heavy atom. The standard InChI is InChI=1S/C4H8N6O3S/c5-10-4(11)9-2-3(8-1-7-2)14(6,12)13/h1H,5H2,(H,7,8)(H2,6,12,13)(H2,9,10,11). The molecule has 1 heterocycles. The zero-order valence-corrected chi connectivity index (χ0v) is 7.63. The summed E-state index contributed by atoms with van der Waals surface area (Å²) in [6.45, 7) is 0. The average molecular weight is 220 g/mol. The molecule has 10 heteroatoms. The molecular weight excluding hydrogens is 212 g/mol. The summed E-state index contributed by atoms with van der Waals surface area (Å²) in [5.74, 6) is 4.55. The van der Waals surface area contributed by atoms with Crippen LogP contribution in [0.15, 0.2) is 11.4 Å². The van der Waals surface area contributed by atoms with Gasteiger partial charge in [0.2, 0.25) is 0 Å². The van der Waals surface area contributed by atoms with Gasteiger partial charge in [0.1, 0.15) is 0 Å². The predicted octanol–water partition coefficient (Wildman–Crippen LogP) is -1.95. The van der Waals surface area contributed by atoms with Crippen LogP contribution in [-0.4, -0.2) is 24.4 Å². The summed E-state index contributed by atoms with van der Waals surface area (Å²) in [5.41, 5.74) is 1.74. The number of nitrogens with zero attached hydrogens (tertiary/aromatic N) is 1. The van der Waals surface area contributed by atoms with Crippen LogP contribution in [0.3, 0.4) is 0 Å². The number of rotatable bonds is 2. The van der Waals surface area contributed by atoms with Gasteiger partial charge in [-0.1, -0.05) is 0 Å². The van der Waals surface area contributed by atoms with E-state index in [0.29, 0.717) is 0 Å². The molecule has 9 nitrogen and oxygen atoms in total. The number of carbonyl (C=O) groups is 1. The van der Waals surface area contributed by atoms with E-state index in [2.05, 4.69) is 15.3 Å². The van der Waals surface area contributed by atoms with Gasteiger partial charge < -0.3 is 4.98 Å². The second kappa shape index (κ2) is 3.61. The van der Waals surface area contributed by atoms with E-state index in [9.17, 15) is 13.2 Å². The van der Waals surface area contributed by atoms with Crippen LogP contribution in [0.4, 0.5) is 10.6 Å². The van der Waals surface area contributed by atoms with Crippen molar-refractivity contribution in [1.29, 1.82) is 0 Å². The fourth-order valence-electron chi connectivity index (χ4n) is 0.732. The number of amides is 2. The molecule has 0 bridgehead atoms. The molecule has 1 aromatic heterocycles. The molecule has 78 valence electrons. The summed E-state index contributed by atoms with van der Waals surface area (Å²) in [6.07, 6.45) is 1.08. The Morgan fingerprint density at radius 2 is 2.21 bits per heavy atom. The lowest BCUT2D eigenvalue weighted by Gasteiger charge is -2.01. The highest BCUT2D eigenvalue weighted by Crippen LogP contribution is 2.13. The van der Waals surface area contributed by atoms with Gasteiger partial charge in [-0.05, 0) is 0 Å². The number of nitrogens with two attached hydrogens (primary N) is 2. The molecule has 14 heavy (non-hydrogen) atoms. The molecule has 0 saturated heterocycles. The lowest BCUT2D eigenvalue weighted by Crippen LogP contribution is -2.35. The third kappa shape index (κ3) is 2.18. The summed E-state index contributed by atoms with van der Waals surface area (Å²) >= 11 is 0. The molecule has 7 N–H and O–H groups in total. The molecule has 0 fully saturated rings. The summed E-state index contributed by atoms with van der Waals surface area (Å²) in [4.78, 5) is 16.5. The molecule has 0 atom stereocenters. The normalized spacial score (nSPS) is 11.0. The third-order valence-electron chi connectivity index (χ3n) is 1.25. The number of imidazole rings is 1. The minimum absolute atomic E-state index is 0.213. The molecule has 0 aliphatic heterocycles. The van der Waals surface area contributed by atoms with Crippen LogP contribution < -0.4 is 21.7 Å². The number of sulfonamides is 1. The fraction of sp³-hybridized carbons (Fsp3) is 0. The van der Waals surface area contributed by atoms with Crippen LogP contribution in [0, 0.1) is 0 Å². The van der Waals surface area contributed by atoms with Crippen molar-refractivity contribution in [1.82, 2.24) is 15.4 Å². The minimum Gasteiger partial charge on any atom is -0.333 e. The lowest BCUT2D eigenvalue weighted by molar-refractivity contribution is 0.252. The van der Waals surface area contributed by atoms with Gasteiger partial charge in [-0.2, -0.15) is 0 Å². The minimum atomic E-state index is -3.95. The topological polar surface area (TPSA) is 156 Å². The van der Waals surface area contributed by atoms with E-state index in [0.717, 1.165) is 6.33 Å². The maximum Gasteiger partial charge on any atom is 0.334 e. The van der Waals surface area contributed by atoms with Crippen LogP contribution in [0.1, 0.15) is 0 Å². The molecule has 0 aliphatic carbocycles. The number of urea groups is 1. The predicted molar refractivity (Wildman–Crippen MR) is 46.3 cm³/mol. The van der Waals surface area contributed by atoms with E-state index < -0.39 is 16.1 Å². The Balaban J connectivity index is 3.00. The first-order valence-electron chi connectivity index (χ1n) is 3.29. The molecule has 0 radical (unpaired) electrons. The number of primary sulfonamides is 1. The Kier molecular flexibility index (Phi) is 2.69. The summed E-state index contributed by atoms with van der Waals surface area (Å²) < 4.78 is 21.8. The highest BCUT2D eigenvalue weighted by molar-refractivity contribution is 7.89. The lowest BCUT2D eigenvalue weighted by atomic mass is 10.7. The smallest absolute Gasteiger partial charge is 0.333 e. The van der Waals surface area contributed by atoms with E-state index >= 15 is 0 Å². The van der Waals surface area contributed by atoms with Crippen molar-refractivity contribution in [2.45, 2.75) is 5.03 Å². The van der Waals surface area contributed by atoms with Gasteiger partial charge >= 0.3 is 6.03 Å².